The number of hydrogen-bond donors (Lipinski definition) is 1. The van der Waals surface area contributed by atoms with Crippen molar-refractivity contribution in [2.45, 2.75) is 12.7 Å². The van der Waals surface area contributed by atoms with Crippen LogP contribution >= 0.6 is 15.9 Å². The molecular formula is C15H14BrF3N2. The van der Waals surface area contributed by atoms with Gasteiger partial charge < -0.3 is 10.6 Å². The molecule has 0 unspecified atom stereocenters. The number of anilines is 2. The highest BCUT2D eigenvalue weighted by atomic mass is 79.9. The van der Waals surface area contributed by atoms with E-state index in [1.165, 1.54) is 6.07 Å². The van der Waals surface area contributed by atoms with E-state index in [0.717, 1.165) is 23.4 Å². The minimum atomic E-state index is -4.35. The van der Waals surface area contributed by atoms with Gasteiger partial charge in [-0.05, 0) is 51.8 Å². The molecule has 0 aliphatic carbocycles. The third-order valence-corrected chi connectivity index (χ3v) is 3.81. The number of halogens is 4. The SMILES string of the molecule is CN(c1cccc(CN)c1)c1ccc(C(F)(F)F)cc1Br. The first-order valence-corrected chi connectivity index (χ1v) is 7.01. The number of rotatable bonds is 3. The molecule has 2 aromatic rings. The van der Waals surface area contributed by atoms with E-state index in [0.29, 0.717) is 16.7 Å². The predicted octanol–water partition coefficient (Wildman–Crippen LogP) is 4.69. The quantitative estimate of drug-likeness (QED) is 0.861. The van der Waals surface area contributed by atoms with Crippen LogP contribution in [0.1, 0.15) is 11.1 Å². The van der Waals surface area contributed by atoms with Gasteiger partial charge in [-0.1, -0.05) is 12.1 Å². The minimum absolute atomic E-state index is 0.387. The summed E-state index contributed by atoms with van der Waals surface area (Å²) >= 11 is 3.21. The monoisotopic (exact) mass is 358 g/mol. The van der Waals surface area contributed by atoms with Gasteiger partial charge in [0.05, 0.1) is 11.3 Å². The van der Waals surface area contributed by atoms with Crippen LogP contribution in [0.2, 0.25) is 0 Å². The molecule has 0 saturated carbocycles. The average Bonchev–Trinajstić information content (AvgIpc) is 2.45. The second kappa shape index (κ2) is 6.07. The fourth-order valence-corrected chi connectivity index (χ4v) is 2.63. The van der Waals surface area contributed by atoms with Crippen molar-refractivity contribution in [3.8, 4) is 0 Å². The Hall–Kier alpha value is -1.53. The largest absolute Gasteiger partial charge is 0.416 e. The van der Waals surface area contributed by atoms with Gasteiger partial charge in [0.2, 0.25) is 0 Å². The van der Waals surface area contributed by atoms with Crippen molar-refractivity contribution in [3.63, 3.8) is 0 Å². The van der Waals surface area contributed by atoms with Crippen molar-refractivity contribution in [2.24, 2.45) is 5.73 Å². The highest BCUT2D eigenvalue weighted by Crippen LogP contribution is 2.37. The summed E-state index contributed by atoms with van der Waals surface area (Å²) in [5, 5.41) is 0. The molecule has 2 N–H and O–H groups in total. The topological polar surface area (TPSA) is 29.3 Å². The molecule has 0 aliphatic heterocycles. The minimum Gasteiger partial charge on any atom is -0.344 e. The molecule has 2 aromatic carbocycles. The van der Waals surface area contributed by atoms with E-state index in [-0.39, 0.29) is 0 Å². The third-order valence-electron chi connectivity index (χ3n) is 3.17. The summed E-state index contributed by atoms with van der Waals surface area (Å²) in [5.41, 5.74) is 7.39. The molecule has 21 heavy (non-hydrogen) atoms. The van der Waals surface area contributed by atoms with Crippen LogP contribution in [0.15, 0.2) is 46.9 Å². The second-order valence-corrected chi connectivity index (χ2v) is 5.45. The van der Waals surface area contributed by atoms with E-state index in [2.05, 4.69) is 15.9 Å². The Labute approximate surface area is 129 Å². The first-order valence-electron chi connectivity index (χ1n) is 6.22. The van der Waals surface area contributed by atoms with Gasteiger partial charge in [0.1, 0.15) is 0 Å². The first kappa shape index (κ1) is 15.9. The van der Waals surface area contributed by atoms with Crippen LogP contribution in [0.4, 0.5) is 24.5 Å². The van der Waals surface area contributed by atoms with Gasteiger partial charge in [0.25, 0.3) is 0 Å². The lowest BCUT2D eigenvalue weighted by atomic mass is 10.1. The van der Waals surface area contributed by atoms with Gasteiger partial charge >= 0.3 is 6.18 Å². The van der Waals surface area contributed by atoms with Crippen molar-refractivity contribution in [1.82, 2.24) is 0 Å². The van der Waals surface area contributed by atoms with Gasteiger partial charge in [-0.15, -0.1) is 0 Å². The zero-order valence-corrected chi connectivity index (χ0v) is 12.9. The van der Waals surface area contributed by atoms with E-state index in [1.54, 1.807) is 7.05 Å². The summed E-state index contributed by atoms with van der Waals surface area (Å²) in [6.45, 7) is 0.413. The molecule has 0 heterocycles. The smallest absolute Gasteiger partial charge is 0.344 e. The molecule has 6 heteroatoms. The Morgan fingerprint density at radius 1 is 1.14 bits per heavy atom. The molecular weight excluding hydrogens is 345 g/mol. The second-order valence-electron chi connectivity index (χ2n) is 4.60. The van der Waals surface area contributed by atoms with E-state index in [1.807, 2.05) is 29.2 Å². The van der Waals surface area contributed by atoms with Crippen molar-refractivity contribution in [2.75, 3.05) is 11.9 Å². The fourth-order valence-electron chi connectivity index (χ4n) is 1.99. The maximum absolute atomic E-state index is 12.7. The zero-order chi connectivity index (χ0) is 15.6. The Morgan fingerprint density at radius 3 is 2.43 bits per heavy atom. The molecule has 0 aliphatic rings. The number of nitrogens with zero attached hydrogens (tertiary/aromatic N) is 1. The molecule has 0 atom stereocenters. The Morgan fingerprint density at radius 2 is 1.86 bits per heavy atom. The van der Waals surface area contributed by atoms with Crippen molar-refractivity contribution >= 4 is 27.3 Å². The van der Waals surface area contributed by atoms with Gasteiger partial charge in [0.15, 0.2) is 0 Å². The van der Waals surface area contributed by atoms with Crippen molar-refractivity contribution in [3.05, 3.63) is 58.1 Å². The summed E-state index contributed by atoms with van der Waals surface area (Å²) in [5.74, 6) is 0. The van der Waals surface area contributed by atoms with Gasteiger partial charge in [-0.2, -0.15) is 13.2 Å². The Bertz CT molecular complexity index is 641. The number of hydrogen-bond acceptors (Lipinski definition) is 2. The normalized spacial score (nSPS) is 11.5. The summed E-state index contributed by atoms with van der Waals surface area (Å²) < 4.78 is 38.4. The number of alkyl halides is 3. The Balaban J connectivity index is 2.37. The van der Waals surface area contributed by atoms with Crippen LogP contribution in [0.3, 0.4) is 0 Å². The lowest BCUT2D eigenvalue weighted by Crippen LogP contribution is -2.12. The molecule has 112 valence electrons. The standard InChI is InChI=1S/C15H14BrF3N2/c1-21(12-4-2-3-10(7-12)9-20)14-6-5-11(8-13(14)16)15(17,18)19/h2-8H,9,20H2,1H3. The average molecular weight is 359 g/mol. The van der Waals surface area contributed by atoms with Gasteiger partial charge in [0, 0.05) is 23.8 Å². The fraction of sp³-hybridized carbons (Fsp3) is 0.200. The highest BCUT2D eigenvalue weighted by molar-refractivity contribution is 9.10. The van der Waals surface area contributed by atoms with Gasteiger partial charge in [-0.3, -0.25) is 0 Å². The zero-order valence-electron chi connectivity index (χ0n) is 11.3. The van der Waals surface area contributed by atoms with E-state index < -0.39 is 11.7 Å². The van der Waals surface area contributed by atoms with Crippen LogP contribution in [0, 0.1) is 0 Å². The maximum Gasteiger partial charge on any atom is 0.416 e. The van der Waals surface area contributed by atoms with Gasteiger partial charge in [-0.25, -0.2) is 0 Å². The number of benzene rings is 2. The molecule has 0 fully saturated rings. The lowest BCUT2D eigenvalue weighted by molar-refractivity contribution is -0.137. The van der Waals surface area contributed by atoms with Crippen LogP contribution in [0.25, 0.3) is 0 Å². The third kappa shape index (κ3) is 3.57. The summed E-state index contributed by atoms with van der Waals surface area (Å²) in [7, 11) is 1.79. The molecule has 0 spiro atoms. The summed E-state index contributed by atoms with van der Waals surface area (Å²) in [6, 6.07) is 11.2. The molecule has 0 bridgehead atoms. The van der Waals surface area contributed by atoms with Crippen LogP contribution in [0.5, 0.6) is 0 Å². The van der Waals surface area contributed by atoms with Crippen molar-refractivity contribution < 1.29 is 13.2 Å². The van der Waals surface area contributed by atoms with Crippen LogP contribution in [-0.4, -0.2) is 7.05 Å². The van der Waals surface area contributed by atoms with E-state index in [4.69, 9.17) is 5.73 Å². The molecule has 0 aromatic heterocycles. The van der Waals surface area contributed by atoms with E-state index >= 15 is 0 Å². The molecule has 2 nitrogen and oxygen atoms in total. The first-order chi connectivity index (χ1) is 9.82. The van der Waals surface area contributed by atoms with Crippen LogP contribution < -0.4 is 10.6 Å². The van der Waals surface area contributed by atoms with E-state index in [9.17, 15) is 13.2 Å². The van der Waals surface area contributed by atoms with Crippen LogP contribution in [-0.2, 0) is 12.7 Å². The highest BCUT2D eigenvalue weighted by Gasteiger charge is 2.31. The Kier molecular flexibility index (Phi) is 4.58. The van der Waals surface area contributed by atoms with Crippen molar-refractivity contribution in [1.29, 1.82) is 0 Å². The predicted molar refractivity (Wildman–Crippen MR) is 81.5 cm³/mol. The number of nitrogens with two attached hydrogens (primary N) is 1. The lowest BCUT2D eigenvalue weighted by Gasteiger charge is -2.22. The molecule has 0 saturated heterocycles. The summed E-state index contributed by atoms with van der Waals surface area (Å²) in [4.78, 5) is 1.81. The summed E-state index contributed by atoms with van der Waals surface area (Å²) in [6.07, 6.45) is -4.35. The maximum atomic E-state index is 12.7. The molecule has 0 amide bonds. The molecule has 0 radical (unpaired) electrons. The molecule has 2 rings (SSSR count).